The molecule has 1 atom stereocenters. The van der Waals surface area contributed by atoms with Crippen LogP contribution in [0, 0.1) is 5.92 Å². The summed E-state index contributed by atoms with van der Waals surface area (Å²) < 4.78 is 10.7. The van der Waals surface area contributed by atoms with Crippen LogP contribution in [0.15, 0.2) is 18.2 Å². The number of anilines is 1. The van der Waals surface area contributed by atoms with Gasteiger partial charge in [-0.15, -0.1) is 12.4 Å². The first-order valence-electron chi connectivity index (χ1n) is 9.18. The number of rotatable bonds is 5. The Balaban J connectivity index is 0.00000243. The van der Waals surface area contributed by atoms with Gasteiger partial charge in [-0.05, 0) is 38.8 Å². The number of likely N-dealkylation sites (tertiary alicyclic amines) is 1. The fourth-order valence-corrected chi connectivity index (χ4v) is 3.75. The third kappa shape index (κ3) is 5.17. The maximum absolute atomic E-state index is 12.8. The van der Waals surface area contributed by atoms with Crippen molar-refractivity contribution in [3.63, 3.8) is 0 Å². The standard InChI is InChI=1S/C19H29N3O3.ClH/c1-24-17-10-16(11-18(12-17)25-2)21-15-4-3-9-22(13-15)19(23)14-5-7-20-8-6-14;/h10-12,14-15,20-21H,3-9,13H2,1-2H3;1H. The van der Waals surface area contributed by atoms with Gasteiger partial charge in [0.15, 0.2) is 0 Å². The number of nitrogens with zero attached hydrogens (tertiary/aromatic N) is 1. The third-order valence-electron chi connectivity index (χ3n) is 5.14. The first-order chi connectivity index (χ1) is 12.2. The van der Waals surface area contributed by atoms with E-state index in [0.29, 0.717) is 5.91 Å². The molecule has 0 aromatic heterocycles. The molecule has 0 spiro atoms. The van der Waals surface area contributed by atoms with Crippen molar-refractivity contribution >= 4 is 24.0 Å². The van der Waals surface area contributed by atoms with E-state index in [4.69, 9.17) is 9.47 Å². The highest BCUT2D eigenvalue weighted by atomic mass is 35.5. The number of carbonyl (C=O) groups excluding carboxylic acids is 1. The van der Waals surface area contributed by atoms with E-state index in [9.17, 15) is 4.79 Å². The Bertz CT molecular complexity index is 571. The molecule has 2 saturated heterocycles. The molecule has 2 aliphatic heterocycles. The monoisotopic (exact) mass is 383 g/mol. The molecule has 0 bridgehead atoms. The molecule has 0 radical (unpaired) electrons. The molecule has 1 aromatic carbocycles. The van der Waals surface area contributed by atoms with Crippen molar-refractivity contribution in [2.45, 2.75) is 31.7 Å². The largest absolute Gasteiger partial charge is 0.497 e. The molecular weight excluding hydrogens is 354 g/mol. The fourth-order valence-electron chi connectivity index (χ4n) is 3.75. The summed E-state index contributed by atoms with van der Waals surface area (Å²) in [6, 6.07) is 6.06. The molecule has 146 valence electrons. The molecule has 1 unspecified atom stereocenters. The minimum Gasteiger partial charge on any atom is -0.497 e. The molecule has 3 rings (SSSR count). The van der Waals surface area contributed by atoms with Gasteiger partial charge in [-0.2, -0.15) is 0 Å². The molecule has 1 amide bonds. The van der Waals surface area contributed by atoms with Gasteiger partial charge in [0.1, 0.15) is 11.5 Å². The van der Waals surface area contributed by atoms with Crippen molar-refractivity contribution < 1.29 is 14.3 Å². The van der Waals surface area contributed by atoms with Crippen LogP contribution < -0.4 is 20.1 Å². The Hall–Kier alpha value is -1.66. The van der Waals surface area contributed by atoms with Gasteiger partial charge in [0, 0.05) is 48.9 Å². The van der Waals surface area contributed by atoms with E-state index in [-0.39, 0.29) is 24.4 Å². The molecule has 7 heteroatoms. The Morgan fingerprint density at radius 2 is 1.77 bits per heavy atom. The molecule has 6 nitrogen and oxygen atoms in total. The minimum atomic E-state index is 0. The number of hydrogen-bond acceptors (Lipinski definition) is 5. The van der Waals surface area contributed by atoms with Gasteiger partial charge < -0.3 is 25.0 Å². The first-order valence-corrected chi connectivity index (χ1v) is 9.18. The molecule has 0 saturated carbocycles. The van der Waals surface area contributed by atoms with Crippen LogP contribution in [0.5, 0.6) is 11.5 Å². The topological polar surface area (TPSA) is 62.8 Å². The van der Waals surface area contributed by atoms with Gasteiger partial charge in [0.05, 0.1) is 14.2 Å². The highest BCUT2D eigenvalue weighted by Gasteiger charge is 2.29. The van der Waals surface area contributed by atoms with Gasteiger partial charge in [0.25, 0.3) is 0 Å². The molecule has 0 aliphatic carbocycles. The average Bonchev–Trinajstić information content (AvgIpc) is 2.68. The summed E-state index contributed by atoms with van der Waals surface area (Å²) in [7, 11) is 3.30. The van der Waals surface area contributed by atoms with Gasteiger partial charge in [-0.25, -0.2) is 0 Å². The molecule has 1 aromatic rings. The zero-order valence-electron chi connectivity index (χ0n) is 15.6. The van der Waals surface area contributed by atoms with Crippen molar-refractivity contribution in [2.24, 2.45) is 5.92 Å². The van der Waals surface area contributed by atoms with Gasteiger partial charge in [-0.3, -0.25) is 4.79 Å². The second kappa shape index (κ2) is 9.88. The van der Waals surface area contributed by atoms with Crippen LogP contribution >= 0.6 is 12.4 Å². The number of piperidine rings is 2. The summed E-state index contributed by atoms with van der Waals surface area (Å²) in [6.45, 7) is 3.55. The van der Waals surface area contributed by atoms with E-state index >= 15 is 0 Å². The van der Waals surface area contributed by atoms with Crippen LogP contribution in [0.25, 0.3) is 0 Å². The van der Waals surface area contributed by atoms with Gasteiger partial charge in [0.2, 0.25) is 5.91 Å². The Morgan fingerprint density at radius 3 is 2.38 bits per heavy atom. The van der Waals surface area contributed by atoms with Gasteiger partial charge >= 0.3 is 0 Å². The Labute approximate surface area is 162 Å². The van der Waals surface area contributed by atoms with E-state index in [1.54, 1.807) is 14.2 Å². The highest BCUT2D eigenvalue weighted by Crippen LogP contribution is 2.27. The number of ether oxygens (including phenoxy) is 2. The summed E-state index contributed by atoms with van der Waals surface area (Å²) >= 11 is 0. The first kappa shape index (κ1) is 20.6. The van der Waals surface area contributed by atoms with E-state index in [1.807, 2.05) is 18.2 Å². The van der Waals surface area contributed by atoms with Crippen molar-refractivity contribution in [1.29, 1.82) is 0 Å². The normalized spacial score (nSPS) is 20.8. The lowest BCUT2D eigenvalue weighted by Crippen LogP contribution is -2.48. The summed E-state index contributed by atoms with van der Waals surface area (Å²) in [4.78, 5) is 14.8. The van der Waals surface area contributed by atoms with Crippen molar-refractivity contribution in [3.8, 4) is 11.5 Å². The summed E-state index contributed by atoms with van der Waals surface area (Å²) in [5.74, 6) is 2.05. The van der Waals surface area contributed by atoms with Crippen molar-refractivity contribution in [1.82, 2.24) is 10.2 Å². The van der Waals surface area contributed by atoms with Crippen LogP contribution in [0.4, 0.5) is 5.69 Å². The van der Waals surface area contributed by atoms with E-state index in [0.717, 1.165) is 69.0 Å². The molecule has 26 heavy (non-hydrogen) atoms. The smallest absolute Gasteiger partial charge is 0.225 e. The Morgan fingerprint density at radius 1 is 1.12 bits per heavy atom. The van der Waals surface area contributed by atoms with Crippen LogP contribution in [0.3, 0.4) is 0 Å². The lowest BCUT2D eigenvalue weighted by molar-refractivity contribution is -0.137. The minimum absolute atomic E-state index is 0. The maximum Gasteiger partial charge on any atom is 0.225 e. The van der Waals surface area contributed by atoms with E-state index in [1.165, 1.54) is 0 Å². The SMILES string of the molecule is COc1cc(NC2CCCN(C(=O)C3CCNCC3)C2)cc(OC)c1.Cl. The number of nitrogens with one attached hydrogen (secondary N) is 2. The predicted octanol–water partition coefficient (Wildman–Crippen LogP) is 2.53. The quantitative estimate of drug-likeness (QED) is 0.818. The predicted molar refractivity (Wildman–Crippen MR) is 106 cm³/mol. The van der Waals surface area contributed by atoms with Crippen LogP contribution in [0.1, 0.15) is 25.7 Å². The van der Waals surface area contributed by atoms with Crippen molar-refractivity contribution in [3.05, 3.63) is 18.2 Å². The fraction of sp³-hybridized carbons (Fsp3) is 0.632. The van der Waals surface area contributed by atoms with E-state index < -0.39 is 0 Å². The third-order valence-corrected chi connectivity index (χ3v) is 5.14. The molecule has 2 heterocycles. The number of halogens is 1. The number of amides is 1. The lowest BCUT2D eigenvalue weighted by Gasteiger charge is -2.36. The lowest BCUT2D eigenvalue weighted by atomic mass is 9.95. The van der Waals surface area contributed by atoms with Crippen LogP contribution in [-0.4, -0.2) is 57.2 Å². The highest BCUT2D eigenvalue weighted by molar-refractivity contribution is 5.85. The maximum atomic E-state index is 12.8. The summed E-state index contributed by atoms with van der Waals surface area (Å²) in [5.41, 5.74) is 0.970. The number of hydrogen-bond donors (Lipinski definition) is 2. The Kier molecular flexibility index (Phi) is 7.85. The molecule has 2 aliphatic rings. The van der Waals surface area contributed by atoms with E-state index in [2.05, 4.69) is 15.5 Å². The number of benzene rings is 1. The van der Waals surface area contributed by atoms with Crippen LogP contribution in [0.2, 0.25) is 0 Å². The van der Waals surface area contributed by atoms with Crippen molar-refractivity contribution in [2.75, 3.05) is 45.7 Å². The molecule has 2 N–H and O–H groups in total. The number of carbonyl (C=O) groups is 1. The second-order valence-electron chi connectivity index (χ2n) is 6.89. The van der Waals surface area contributed by atoms with Crippen LogP contribution in [-0.2, 0) is 4.79 Å². The molecular formula is C19H30ClN3O3. The van der Waals surface area contributed by atoms with Gasteiger partial charge in [-0.1, -0.05) is 0 Å². The molecule has 2 fully saturated rings. The second-order valence-corrected chi connectivity index (χ2v) is 6.89. The summed E-state index contributed by atoms with van der Waals surface area (Å²) in [6.07, 6.45) is 4.02. The summed E-state index contributed by atoms with van der Waals surface area (Å²) in [5, 5.41) is 6.88. The zero-order valence-corrected chi connectivity index (χ0v) is 16.4. The zero-order chi connectivity index (χ0) is 17.6. The average molecular weight is 384 g/mol. The number of methoxy groups -OCH3 is 2.